The molecule has 0 unspecified atom stereocenters. The summed E-state index contributed by atoms with van der Waals surface area (Å²) in [5, 5.41) is 0. The van der Waals surface area contributed by atoms with E-state index in [2.05, 4.69) is 50.8 Å². The maximum Gasteiger partial charge on any atom is 0.164 e. The van der Waals surface area contributed by atoms with E-state index in [4.69, 9.17) is 9.97 Å². The van der Waals surface area contributed by atoms with Gasteiger partial charge in [-0.15, -0.1) is 0 Å². The number of nitrogens with zero attached hydrogens (tertiary/aromatic N) is 6. The Kier molecular flexibility index (Phi) is 4.94. The van der Waals surface area contributed by atoms with Crippen molar-refractivity contribution in [1.82, 2.24) is 29.4 Å². The van der Waals surface area contributed by atoms with Crippen LogP contribution in [0.25, 0.3) is 28.1 Å². The lowest BCUT2D eigenvalue weighted by Gasteiger charge is -2.39. The summed E-state index contributed by atoms with van der Waals surface area (Å²) in [6.45, 7) is 8.92. The van der Waals surface area contributed by atoms with Crippen molar-refractivity contribution in [3.63, 3.8) is 0 Å². The molecule has 4 aromatic rings. The van der Waals surface area contributed by atoms with Crippen molar-refractivity contribution >= 4 is 16.7 Å². The quantitative estimate of drug-likeness (QED) is 0.431. The SMILES string of the molecule is Cc1nc(C)c2nc(-c3cncc(F)c3)n(Cc3ccc(C4=CN5CCC4CC5)cc3C)c2n1. The molecule has 34 heavy (non-hydrogen) atoms. The van der Waals surface area contributed by atoms with Gasteiger partial charge in [0, 0.05) is 31.0 Å². The molecule has 3 aliphatic heterocycles. The van der Waals surface area contributed by atoms with Crippen molar-refractivity contribution in [3.8, 4) is 11.4 Å². The van der Waals surface area contributed by atoms with Crippen LogP contribution in [-0.2, 0) is 6.54 Å². The highest BCUT2D eigenvalue weighted by atomic mass is 19.1. The van der Waals surface area contributed by atoms with Crippen molar-refractivity contribution in [2.75, 3.05) is 13.1 Å². The second-order valence-electron chi connectivity index (χ2n) is 9.48. The third-order valence-corrected chi connectivity index (χ3v) is 7.14. The molecule has 0 amide bonds. The van der Waals surface area contributed by atoms with Crippen molar-refractivity contribution in [3.05, 3.63) is 76.9 Å². The molecule has 0 radical (unpaired) electrons. The van der Waals surface area contributed by atoms with Crippen molar-refractivity contribution < 1.29 is 4.39 Å². The molecule has 1 aromatic carbocycles. The third-order valence-electron chi connectivity index (χ3n) is 7.14. The highest BCUT2D eigenvalue weighted by molar-refractivity contribution is 5.79. The molecule has 1 fully saturated rings. The molecular formula is C27H27FN6. The molecule has 0 spiro atoms. The number of rotatable bonds is 4. The van der Waals surface area contributed by atoms with Crippen molar-refractivity contribution in [2.45, 2.75) is 40.2 Å². The average Bonchev–Trinajstić information content (AvgIpc) is 3.19. The lowest BCUT2D eigenvalue weighted by molar-refractivity contribution is 0.252. The molecule has 7 heteroatoms. The summed E-state index contributed by atoms with van der Waals surface area (Å²) in [7, 11) is 0. The number of imidazole rings is 1. The van der Waals surface area contributed by atoms with Gasteiger partial charge in [0.2, 0.25) is 0 Å². The van der Waals surface area contributed by atoms with Gasteiger partial charge in [0.1, 0.15) is 23.0 Å². The first kappa shape index (κ1) is 21.0. The number of fused-ring (bicyclic) bond motifs is 3. The van der Waals surface area contributed by atoms with E-state index in [0.717, 1.165) is 16.9 Å². The Bertz CT molecular complexity index is 1450. The highest BCUT2D eigenvalue weighted by Gasteiger charge is 2.28. The van der Waals surface area contributed by atoms with Crippen LogP contribution in [0.5, 0.6) is 0 Å². The van der Waals surface area contributed by atoms with Crippen LogP contribution < -0.4 is 0 Å². The predicted molar refractivity (Wildman–Crippen MR) is 131 cm³/mol. The zero-order valence-corrected chi connectivity index (χ0v) is 19.7. The molecule has 172 valence electrons. The molecule has 2 bridgehead atoms. The normalized spacial score (nSPS) is 15.9. The van der Waals surface area contributed by atoms with Gasteiger partial charge in [-0.25, -0.2) is 19.3 Å². The number of hydrogen-bond acceptors (Lipinski definition) is 5. The lowest BCUT2D eigenvalue weighted by Crippen LogP contribution is -2.35. The first-order valence-corrected chi connectivity index (χ1v) is 11.8. The lowest BCUT2D eigenvalue weighted by atomic mass is 9.81. The zero-order valence-electron chi connectivity index (χ0n) is 19.7. The molecule has 1 saturated heterocycles. The number of allylic oxidation sites excluding steroid dienone is 1. The number of benzene rings is 1. The first-order valence-electron chi connectivity index (χ1n) is 11.8. The molecule has 0 N–H and O–H groups in total. The minimum Gasteiger partial charge on any atom is -0.377 e. The molecule has 3 aliphatic rings. The smallest absolute Gasteiger partial charge is 0.164 e. The van der Waals surface area contributed by atoms with Crippen LogP contribution in [0.3, 0.4) is 0 Å². The number of hydrogen-bond donors (Lipinski definition) is 0. The van der Waals surface area contributed by atoms with Gasteiger partial charge in [0.15, 0.2) is 5.65 Å². The van der Waals surface area contributed by atoms with Crippen LogP contribution in [0.2, 0.25) is 0 Å². The Morgan fingerprint density at radius 3 is 2.50 bits per heavy atom. The van der Waals surface area contributed by atoms with Crippen LogP contribution in [0, 0.1) is 32.5 Å². The van der Waals surface area contributed by atoms with Crippen molar-refractivity contribution in [1.29, 1.82) is 0 Å². The van der Waals surface area contributed by atoms with Gasteiger partial charge in [-0.1, -0.05) is 18.2 Å². The van der Waals surface area contributed by atoms with Gasteiger partial charge in [0.25, 0.3) is 0 Å². The largest absolute Gasteiger partial charge is 0.377 e. The highest BCUT2D eigenvalue weighted by Crippen LogP contribution is 2.38. The Morgan fingerprint density at radius 1 is 0.971 bits per heavy atom. The molecule has 0 atom stereocenters. The Labute approximate surface area is 198 Å². The third kappa shape index (κ3) is 3.56. The van der Waals surface area contributed by atoms with Crippen LogP contribution in [-0.4, -0.2) is 42.5 Å². The first-order chi connectivity index (χ1) is 16.5. The molecule has 6 nitrogen and oxygen atoms in total. The monoisotopic (exact) mass is 454 g/mol. The summed E-state index contributed by atoms with van der Waals surface area (Å²) >= 11 is 0. The summed E-state index contributed by atoms with van der Waals surface area (Å²) < 4.78 is 16.1. The fourth-order valence-electron chi connectivity index (χ4n) is 5.35. The number of piperidine rings is 1. The van der Waals surface area contributed by atoms with Gasteiger partial charge in [-0.05, 0) is 67.9 Å². The van der Waals surface area contributed by atoms with E-state index in [9.17, 15) is 4.39 Å². The van der Waals surface area contributed by atoms with Gasteiger partial charge >= 0.3 is 0 Å². The second-order valence-corrected chi connectivity index (χ2v) is 9.48. The fraction of sp³-hybridized carbons (Fsp3) is 0.333. The maximum absolute atomic E-state index is 14.0. The van der Waals surface area contributed by atoms with E-state index < -0.39 is 0 Å². The van der Waals surface area contributed by atoms with E-state index >= 15 is 0 Å². The van der Waals surface area contributed by atoms with Gasteiger partial charge in [-0.3, -0.25) is 4.98 Å². The van der Waals surface area contributed by atoms with Crippen molar-refractivity contribution in [2.24, 2.45) is 5.92 Å². The Morgan fingerprint density at radius 2 is 1.79 bits per heavy atom. The van der Waals surface area contributed by atoms with Crippen LogP contribution >= 0.6 is 0 Å². The minimum absolute atomic E-state index is 0.388. The van der Waals surface area contributed by atoms with E-state index in [-0.39, 0.29) is 5.82 Å². The molecule has 3 aromatic heterocycles. The van der Waals surface area contributed by atoms with Crippen LogP contribution in [0.1, 0.15) is 41.1 Å². The number of pyridine rings is 1. The molecular weight excluding hydrogens is 427 g/mol. The minimum atomic E-state index is -0.388. The summed E-state index contributed by atoms with van der Waals surface area (Å²) in [4.78, 5) is 20.5. The van der Waals surface area contributed by atoms with E-state index in [0.29, 0.717) is 29.7 Å². The summed E-state index contributed by atoms with van der Waals surface area (Å²) in [5.41, 5.74) is 8.12. The van der Waals surface area contributed by atoms with Gasteiger partial charge in [-0.2, -0.15) is 0 Å². The number of aryl methyl sites for hydroxylation is 3. The summed E-state index contributed by atoms with van der Waals surface area (Å²) in [6, 6.07) is 8.22. The zero-order chi connectivity index (χ0) is 23.4. The summed E-state index contributed by atoms with van der Waals surface area (Å²) in [5.74, 6) is 1.62. The average molecular weight is 455 g/mol. The van der Waals surface area contributed by atoms with E-state index in [1.54, 1.807) is 6.20 Å². The van der Waals surface area contributed by atoms with E-state index in [1.165, 1.54) is 60.5 Å². The van der Waals surface area contributed by atoms with Gasteiger partial charge < -0.3 is 9.47 Å². The topological polar surface area (TPSA) is 59.7 Å². The number of halogens is 1. The molecule has 0 saturated carbocycles. The van der Waals surface area contributed by atoms with Crippen LogP contribution in [0.4, 0.5) is 4.39 Å². The predicted octanol–water partition coefficient (Wildman–Crippen LogP) is 5.07. The Hall–Kier alpha value is -3.61. The Balaban J connectivity index is 1.44. The summed E-state index contributed by atoms with van der Waals surface area (Å²) in [6.07, 6.45) is 7.70. The molecule has 7 rings (SSSR count). The maximum atomic E-state index is 14.0. The van der Waals surface area contributed by atoms with Crippen LogP contribution in [0.15, 0.2) is 42.9 Å². The van der Waals surface area contributed by atoms with E-state index in [1.807, 2.05) is 13.8 Å². The molecule has 0 aliphatic carbocycles. The number of aromatic nitrogens is 5. The standard InChI is InChI=1S/C27H27FN6/c1-16-10-20(24-15-33-8-6-19(24)7-9-33)4-5-21(16)14-34-26(22-11-23(28)13-29-12-22)32-25-17(2)30-18(3)31-27(25)34/h4-5,10-13,15,19H,6-9,14H2,1-3H3. The van der Waals surface area contributed by atoms with Gasteiger partial charge in [0.05, 0.1) is 18.4 Å². The fourth-order valence-corrected chi connectivity index (χ4v) is 5.35. The second kappa shape index (κ2) is 8.01. The molecule has 6 heterocycles.